The second-order valence-corrected chi connectivity index (χ2v) is 7.03. The average molecular weight is 499 g/mol. The van der Waals surface area contributed by atoms with Gasteiger partial charge in [0.1, 0.15) is 11.8 Å². The van der Waals surface area contributed by atoms with E-state index >= 15 is 0 Å². The summed E-state index contributed by atoms with van der Waals surface area (Å²) in [5.41, 5.74) is -0.761. The fourth-order valence-corrected chi connectivity index (χ4v) is 2.86. The highest BCUT2D eigenvalue weighted by Crippen LogP contribution is 2.36. The van der Waals surface area contributed by atoms with E-state index in [4.69, 9.17) is 35.8 Å². The number of benzene rings is 2. The highest BCUT2D eigenvalue weighted by Gasteiger charge is 2.35. The van der Waals surface area contributed by atoms with Gasteiger partial charge in [0.15, 0.2) is 0 Å². The number of aliphatic carboxylic acids is 2. The molecule has 0 aliphatic carbocycles. The maximum Gasteiger partial charge on any atom is 0.418 e. The monoisotopic (exact) mass is 498 g/mol. The van der Waals surface area contributed by atoms with Crippen molar-refractivity contribution >= 4 is 35.1 Å². The minimum absolute atomic E-state index is 0.0686. The van der Waals surface area contributed by atoms with Gasteiger partial charge in [-0.1, -0.05) is 41.9 Å². The van der Waals surface area contributed by atoms with Crippen LogP contribution in [0.3, 0.4) is 0 Å². The first kappa shape index (κ1) is 26.4. The zero-order chi connectivity index (χ0) is 25.3. The molecule has 0 saturated carbocycles. The van der Waals surface area contributed by atoms with E-state index in [0.717, 1.165) is 12.1 Å². The number of nitrogens with one attached hydrogen (secondary N) is 2. The second kappa shape index (κ2) is 11.9. The molecule has 0 saturated heterocycles. The van der Waals surface area contributed by atoms with Crippen LogP contribution in [0.15, 0.2) is 71.3 Å². The number of carbonyl (C=O) groups is 3. The van der Waals surface area contributed by atoms with Gasteiger partial charge in [0.25, 0.3) is 0 Å². The molecule has 0 spiro atoms. The summed E-state index contributed by atoms with van der Waals surface area (Å²) in [4.78, 5) is 31.0. The Kier molecular flexibility index (Phi) is 9.22. The fourth-order valence-electron chi connectivity index (χ4n) is 2.69. The van der Waals surface area contributed by atoms with Crippen LogP contribution < -0.4 is 10.6 Å². The largest absolute Gasteiger partial charge is 0.473 e. The zero-order valence-electron chi connectivity index (χ0n) is 17.2. The van der Waals surface area contributed by atoms with Gasteiger partial charge in [-0.25, -0.2) is 9.59 Å². The molecule has 180 valence electrons. The van der Waals surface area contributed by atoms with Crippen LogP contribution in [0, 0.1) is 0 Å². The van der Waals surface area contributed by atoms with Crippen LogP contribution in [0.25, 0.3) is 0 Å². The molecule has 1 aromatic heterocycles. The second-order valence-electron chi connectivity index (χ2n) is 6.59. The van der Waals surface area contributed by atoms with Gasteiger partial charge in [0, 0.05) is 5.02 Å². The van der Waals surface area contributed by atoms with E-state index in [0.29, 0.717) is 11.3 Å². The lowest BCUT2D eigenvalue weighted by molar-refractivity contribution is -0.159. The van der Waals surface area contributed by atoms with Crippen LogP contribution in [0.1, 0.15) is 22.9 Å². The van der Waals surface area contributed by atoms with Gasteiger partial charge < -0.3 is 19.9 Å². The van der Waals surface area contributed by atoms with Crippen molar-refractivity contribution in [2.75, 3.05) is 5.32 Å². The Labute approximate surface area is 196 Å². The molecule has 3 aromatic rings. The molecule has 12 heteroatoms. The van der Waals surface area contributed by atoms with Crippen LogP contribution in [-0.2, 0) is 27.1 Å². The number of hydrogen-bond donors (Lipinski definition) is 4. The molecule has 2 aromatic carbocycles. The third-order valence-electron chi connectivity index (χ3n) is 4.18. The third-order valence-corrected chi connectivity index (χ3v) is 4.42. The number of hydrogen-bond acceptors (Lipinski definition) is 5. The zero-order valence-corrected chi connectivity index (χ0v) is 17.9. The van der Waals surface area contributed by atoms with Crippen LogP contribution in [0.2, 0.25) is 5.02 Å². The van der Waals surface area contributed by atoms with E-state index in [2.05, 4.69) is 10.6 Å². The number of carbonyl (C=O) groups excluding carboxylic acids is 1. The molecule has 0 fully saturated rings. The van der Waals surface area contributed by atoms with Crippen LogP contribution in [0.4, 0.5) is 18.9 Å². The van der Waals surface area contributed by atoms with E-state index in [9.17, 15) is 18.0 Å². The van der Waals surface area contributed by atoms with Crippen LogP contribution in [0.5, 0.6) is 0 Å². The number of halogens is 4. The molecule has 0 radical (unpaired) electrons. The van der Waals surface area contributed by atoms with Gasteiger partial charge in [0.05, 0.1) is 24.1 Å². The minimum atomic E-state index is -4.66. The van der Waals surface area contributed by atoms with Crippen molar-refractivity contribution in [3.63, 3.8) is 0 Å². The topological polar surface area (TPSA) is 129 Å². The van der Waals surface area contributed by atoms with Crippen molar-refractivity contribution in [1.82, 2.24) is 5.32 Å². The molecule has 4 N–H and O–H groups in total. The van der Waals surface area contributed by atoms with Gasteiger partial charge in [-0.05, 0) is 35.9 Å². The smallest absolute Gasteiger partial charge is 0.418 e. The maximum atomic E-state index is 13.3. The quantitative estimate of drug-likeness (QED) is 0.366. The predicted molar refractivity (Wildman–Crippen MR) is 115 cm³/mol. The molecule has 0 aliphatic rings. The van der Waals surface area contributed by atoms with Crippen molar-refractivity contribution in [2.45, 2.75) is 18.8 Å². The summed E-state index contributed by atoms with van der Waals surface area (Å²) in [5, 5.41) is 20.1. The first-order valence-electron chi connectivity index (χ1n) is 9.43. The first-order chi connectivity index (χ1) is 16.0. The summed E-state index contributed by atoms with van der Waals surface area (Å²) >= 11 is 5.69. The predicted octanol–water partition coefficient (Wildman–Crippen LogP) is 4.58. The number of carboxylic acid groups (broad SMARTS) is 2. The number of alkyl halides is 3. The highest BCUT2D eigenvalue weighted by atomic mass is 35.5. The van der Waals surface area contributed by atoms with Crippen molar-refractivity contribution < 1.29 is 42.2 Å². The first-order valence-corrected chi connectivity index (χ1v) is 9.81. The van der Waals surface area contributed by atoms with Crippen molar-refractivity contribution in [3.05, 3.63) is 88.8 Å². The molecule has 34 heavy (non-hydrogen) atoms. The summed E-state index contributed by atoms with van der Waals surface area (Å²) in [6, 6.07) is 14.5. The Morgan fingerprint density at radius 2 is 1.62 bits per heavy atom. The maximum absolute atomic E-state index is 13.3. The van der Waals surface area contributed by atoms with Gasteiger partial charge in [-0.3, -0.25) is 10.1 Å². The lowest BCUT2D eigenvalue weighted by atomic mass is 10.1. The average Bonchev–Trinajstić information content (AvgIpc) is 3.29. The molecule has 3 rings (SSSR count). The van der Waals surface area contributed by atoms with Crippen LogP contribution >= 0.6 is 11.6 Å². The molecule has 1 unspecified atom stereocenters. The normalized spacial score (nSPS) is 11.6. The summed E-state index contributed by atoms with van der Waals surface area (Å²) in [6.07, 6.45) is -3.16. The van der Waals surface area contributed by atoms with Crippen molar-refractivity contribution in [3.8, 4) is 0 Å². The van der Waals surface area contributed by atoms with Crippen LogP contribution in [-0.4, -0.2) is 28.1 Å². The Hall–Kier alpha value is -3.83. The lowest BCUT2D eigenvalue weighted by Gasteiger charge is -2.20. The number of anilines is 1. The van der Waals surface area contributed by atoms with E-state index in [1.807, 2.05) is 0 Å². The van der Waals surface area contributed by atoms with Gasteiger partial charge >= 0.3 is 18.1 Å². The summed E-state index contributed by atoms with van der Waals surface area (Å²) < 4.78 is 45.1. The Morgan fingerprint density at radius 1 is 0.971 bits per heavy atom. The number of amides is 1. The van der Waals surface area contributed by atoms with E-state index < -0.39 is 35.6 Å². The molecule has 8 nitrogen and oxygen atoms in total. The molecular formula is C22H18ClF3N2O6. The molecular weight excluding hydrogens is 481 g/mol. The van der Waals surface area contributed by atoms with Crippen molar-refractivity contribution in [1.29, 1.82) is 0 Å². The highest BCUT2D eigenvalue weighted by molar-refractivity contribution is 6.30. The van der Waals surface area contributed by atoms with E-state index in [1.165, 1.54) is 12.3 Å². The summed E-state index contributed by atoms with van der Waals surface area (Å²) in [7, 11) is 0. The van der Waals surface area contributed by atoms with E-state index in [1.54, 1.807) is 42.5 Å². The molecule has 1 amide bonds. The summed E-state index contributed by atoms with van der Waals surface area (Å²) in [6.45, 7) is 0.229. The number of rotatable bonds is 6. The Balaban J connectivity index is 0.000000604. The molecule has 1 heterocycles. The van der Waals surface area contributed by atoms with E-state index in [-0.39, 0.29) is 17.3 Å². The number of carboxylic acids is 2. The number of furan rings is 1. The summed E-state index contributed by atoms with van der Waals surface area (Å²) in [5.74, 6) is -3.69. The molecule has 1 atom stereocenters. The standard InChI is InChI=1S/C20H16ClF3N2O2.C2H2O4/c21-14-8-9-17(16(11-14)20(22,23)24)26-19(27)18(13-5-2-1-3-6-13)25-12-15-7-4-10-28-15;3-1(4)2(5)6/h1-11,18,25H,12H2,(H,26,27);(H,3,4)(H,5,6). The molecule has 0 aliphatic heterocycles. The van der Waals surface area contributed by atoms with Crippen molar-refractivity contribution in [2.24, 2.45) is 0 Å². The SMILES string of the molecule is O=C(Nc1ccc(Cl)cc1C(F)(F)F)C(NCc1ccco1)c1ccccc1.O=C(O)C(=O)O. The third kappa shape index (κ3) is 7.94. The lowest BCUT2D eigenvalue weighted by Crippen LogP contribution is -2.33. The van der Waals surface area contributed by atoms with Gasteiger partial charge in [-0.15, -0.1) is 0 Å². The Bertz CT molecular complexity index is 1110. The Morgan fingerprint density at radius 3 is 2.15 bits per heavy atom. The minimum Gasteiger partial charge on any atom is -0.473 e. The molecule has 0 bridgehead atoms. The van der Waals surface area contributed by atoms with Gasteiger partial charge in [0.2, 0.25) is 5.91 Å². The fraction of sp³-hybridized carbons (Fsp3) is 0.136. The van der Waals surface area contributed by atoms with Gasteiger partial charge in [-0.2, -0.15) is 13.2 Å².